The molecule has 1 amide bonds. The number of amides is 1. The van der Waals surface area contributed by atoms with Crippen LogP contribution in [-0.2, 0) is 17.8 Å². The van der Waals surface area contributed by atoms with Gasteiger partial charge in [0, 0.05) is 49.7 Å². The van der Waals surface area contributed by atoms with Crippen LogP contribution in [-0.4, -0.2) is 42.5 Å². The van der Waals surface area contributed by atoms with Gasteiger partial charge in [0.15, 0.2) is 0 Å². The highest BCUT2D eigenvalue weighted by Gasteiger charge is 2.24. The van der Waals surface area contributed by atoms with Gasteiger partial charge in [-0.25, -0.2) is 4.98 Å². The minimum Gasteiger partial charge on any atom is -0.359 e. The van der Waals surface area contributed by atoms with Crippen molar-refractivity contribution in [1.82, 2.24) is 20.5 Å². The van der Waals surface area contributed by atoms with Gasteiger partial charge in [0.25, 0.3) is 0 Å². The average molecular weight is 438 g/mol. The Balaban J connectivity index is 0.00000169. The Bertz CT molecular complexity index is 713. The molecule has 0 spiro atoms. The Morgan fingerprint density at radius 1 is 1.46 bits per heavy atom. The molecule has 0 saturated carbocycles. The summed E-state index contributed by atoms with van der Waals surface area (Å²) in [6, 6.07) is 8.33. The molecule has 2 N–H and O–H groups in total. The number of nitrogens with zero attached hydrogens (tertiary/aromatic N) is 2. The second-order valence-electron chi connectivity index (χ2n) is 5.83. The number of hydrogen-bond donors (Lipinski definition) is 2. The SMILES string of the molecule is CNC(=O)Cc1nc(CN2CCNCC2c2cccc(Cl)c2)cs1.Cl.Cl. The number of carbonyl (C=O) groups is 1. The van der Waals surface area contributed by atoms with E-state index in [1.807, 2.05) is 18.2 Å². The van der Waals surface area contributed by atoms with Gasteiger partial charge in [-0.3, -0.25) is 9.69 Å². The second kappa shape index (κ2) is 11.1. The quantitative estimate of drug-likeness (QED) is 0.755. The van der Waals surface area contributed by atoms with Crippen molar-refractivity contribution in [3.63, 3.8) is 0 Å². The maximum absolute atomic E-state index is 11.5. The van der Waals surface area contributed by atoms with E-state index in [9.17, 15) is 4.79 Å². The van der Waals surface area contributed by atoms with E-state index in [0.29, 0.717) is 6.42 Å². The number of thiazole rings is 1. The zero-order chi connectivity index (χ0) is 16.9. The zero-order valence-corrected chi connectivity index (χ0v) is 17.6. The number of piperazine rings is 1. The van der Waals surface area contributed by atoms with Crippen molar-refractivity contribution >= 4 is 53.7 Å². The Kier molecular flexibility index (Phi) is 9.85. The maximum atomic E-state index is 11.5. The van der Waals surface area contributed by atoms with Crippen LogP contribution >= 0.6 is 47.8 Å². The third-order valence-electron chi connectivity index (χ3n) is 4.14. The lowest BCUT2D eigenvalue weighted by Gasteiger charge is -2.36. The fraction of sp³-hybridized carbons (Fsp3) is 0.412. The van der Waals surface area contributed by atoms with Crippen LogP contribution in [0.1, 0.15) is 22.3 Å². The smallest absolute Gasteiger partial charge is 0.226 e. The number of benzene rings is 1. The monoisotopic (exact) mass is 436 g/mol. The summed E-state index contributed by atoms with van der Waals surface area (Å²) in [6.07, 6.45) is 0.348. The summed E-state index contributed by atoms with van der Waals surface area (Å²) >= 11 is 7.70. The Morgan fingerprint density at radius 3 is 3.00 bits per heavy atom. The number of halogens is 3. The second-order valence-corrected chi connectivity index (χ2v) is 7.21. The van der Waals surface area contributed by atoms with Gasteiger partial charge in [-0.05, 0) is 17.7 Å². The lowest BCUT2D eigenvalue weighted by atomic mass is 10.0. The van der Waals surface area contributed by atoms with E-state index < -0.39 is 0 Å². The topological polar surface area (TPSA) is 57.3 Å². The summed E-state index contributed by atoms with van der Waals surface area (Å²) < 4.78 is 0. The van der Waals surface area contributed by atoms with Crippen molar-refractivity contribution in [2.75, 3.05) is 26.7 Å². The zero-order valence-electron chi connectivity index (χ0n) is 14.4. The Hall–Kier alpha value is -0.890. The molecule has 2 heterocycles. The summed E-state index contributed by atoms with van der Waals surface area (Å²) in [4.78, 5) is 18.5. The van der Waals surface area contributed by atoms with E-state index in [1.54, 1.807) is 18.4 Å². The largest absolute Gasteiger partial charge is 0.359 e. The van der Waals surface area contributed by atoms with Crippen LogP contribution in [0.4, 0.5) is 0 Å². The standard InChI is InChI=1S/C17H21ClN4OS.2ClH/c1-19-16(23)8-17-21-14(11-24-17)10-22-6-5-20-9-15(22)12-3-2-4-13(18)7-12;;/h2-4,7,11,15,20H,5-6,8-10H2,1H3,(H,19,23);2*1H. The third kappa shape index (κ3) is 6.08. The number of carbonyl (C=O) groups excluding carboxylic acids is 1. The minimum absolute atomic E-state index is 0. The first-order valence-corrected chi connectivity index (χ1v) is 9.25. The number of aromatic nitrogens is 1. The average Bonchev–Trinajstić information content (AvgIpc) is 3.02. The normalized spacial score (nSPS) is 17.1. The summed E-state index contributed by atoms with van der Waals surface area (Å²) in [5.41, 5.74) is 2.24. The summed E-state index contributed by atoms with van der Waals surface area (Å²) in [5, 5.41) is 9.76. The molecule has 0 aliphatic carbocycles. The van der Waals surface area contributed by atoms with Gasteiger partial charge < -0.3 is 10.6 Å². The highest BCUT2D eigenvalue weighted by Crippen LogP contribution is 2.26. The molecular formula is C17H23Cl3N4OS. The first-order valence-electron chi connectivity index (χ1n) is 8.00. The van der Waals surface area contributed by atoms with Gasteiger partial charge in [0.2, 0.25) is 5.91 Å². The predicted molar refractivity (Wildman–Crippen MR) is 112 cm³/mol. The van der Waals surface area contributed by atoms with Crippen molar-refractivity contribution in [1.29, 1.82) is 0 Å². The molecule has 1 fully saturated rings. The number of rotatable bonds is 5. The van der Waals surface area contributed by atoms with Crippen LogP contribution < -0.4 is 10.6 Å². The fourth-order valence-corrected chi connectivity index (χ4v) is 3.90. The predicted octanol–water partition coefficient (Wildman–Crippen LogP) is 3.08. The van der Waals surface area contributed by atoms with E-state index >= 15 is 0 Å². The van der Waals surface area contributed by atoms with Gasteiger partial charge >= 0.3 is 0 Å². The van der Waals surface area contributed by atoms with Gasteiger partial charge in [-0.15, -0.1) is 36.2 Å². The van der Waals surface area contributed by atoms with Crippen molar-refractivity contribution in [2.45, 2.75) is 19.0 Å². The Labute approximate surface area is 175 Å². The molecule has 0 bridgehead atoms. The third-order valence-corrected chi connectivity index (χ3v) is 5.28. The molecule has 1 atom stereocenters. The molecule has 144 valence electrons. The molecule has 2 aromatic rings. The van der Waals surface area contributed by atoms with E-state index in [1.165, 1.54) is 5.56 Å². The summed E-state index contributed by atoms with van der Waals surface area (Å²) in [7, 11) is 1.65. The molecule has 0 radical (unpaired) electrons. The van der Waals surface area contributed by atoms with Gasteiger partial charge in [-0.2, -0.15) is 0 Å². The van der Waals surface area contributed by atoms with E-state index in [0.717, 1.165) is 41.9 Å². The lowest BCUT2D eigenvalue weighted by Crippen LogP contribution is -2.45. The molecule has 1 saturated heterocycles. The molecule has 1 aromatic carbocycles. The van der Waals surface area contributed by atoms with E-state index in [4.69, 9.17) is 11.6 Å². The molecule has 1 unspecified atom stereocenters. The molecule has 9 heteroatoms. The molecule has 1 aliphatic rings. The molecule has 3 rings (SSSR count). The van der Waals surface area contributed by atoms with Crippen LogP contribution in [0.2, 0.25) is 5.02 Å². The summed E-state index contributed by atoms with van der Waals surface area (Å²) in [6.45, 7) is 3.60. The van der Waals surface area contributed by atoms with E-state index in [2.05, 4.69) is 32.0 Å². The fourth-order valence-electron chi connectivity index (χ4n) is 2.91. The van der Waals surface area contributed by atoms with Gasteiger partial charge in [-0.1, -0.05) is 23.7 Å². The van der Waals surface area contributed by atoms with Crippen LogP contribution in [0, 0.1) is 0 Å². The molecule has 1 aromatic heterocycles. The van der Waals surface area contributed by atoms with Crippen LogP contribution in [0.5, 0.6) is 0 Å². The van der Waals surface area contributed by atoms with Crippen LogP contribution in [0.3, 0.4) is 0 Å². The van der Waals surface area contributed by atoms with E-state index in [-0.39, 0.29) is 36.8 Å². The first-order chi connectivity index (χ1) is 11.7. The van der Waals surface area contributed by atoms with Crippen molar-refractivity contribution in [3.05, 3.63) is 50.9 Å². The highest BCUT2D eigenvalue weighted by atomic mass is 35.5. The van der Waals surface area contributed by atoms with Crippen molar-refractivity contribution in [2.24, 2.45) is 0 Å². The van der Waals surface area contributed by atoms with Crippen molar-refractivity contribution < 1.29 is 4.79 Å². The number of nitrogens with one attached hydrogen (secondary N) is 2. The molecule has 26 heavy (non-hydrogen) atoms. The minimum atomic E-state index is -0.00474. The molecule has 1 aliphatic heterocycles. The van der Waals surface area contributed by atoms with Gasteiger partial charge in [0.05, 0.1) is 12.1 Å². The lowest BCUT2D eigenvalue weighted by molar-refractivity contribution is -0.119. The number of likely N-dealkylation sites (N-methyl/N-ethyl adjacent to an activating group) is 1. The van der Waals surface area contributed by atoms with Crippen LogP contribution in [0.25, 0.3) is 0 Å². The first kappa shape index (κ1) is 23.1. The molecular weight excluding hydrogens is 415 g/mol. The summed E-state index contributed by atoms with van der Waals surface area (Å²) in [5.74, 6) is -0.00474. The van der Waals surface area contributed by atoms with Crippen molar-refractivity contribution in [3.8, 4) is 0 Å². The Morgan fingerprint density at radius 2 is 2.27 bits per heavy atom. The van der Waals surface area contributed by atoms with Gasteiger partial charge in [0.1, 0.15) is 5.01 Å². The molecule has 5 nitrogen and oxygen atoms in total. The number of hydrogen-bond acceptors (Lipinski definition) is 5. The highest BCUT2D eigenvalue weighted by molar-refractivity contribution is 7.09. The van der Waals surface area contributed by atoms with Crippen LogP contribution in [0.15, 0.2) is 29.6 Å². The maximum Gasteiger partial charge on any atom is 0.226 e.